The third kappa shape index (κ3) is 4.25. The van der Waals surface area contributed by atoms with E-state index in [1.807, 2.05) is 4.90 Å². The first-order chi connectivity index (χ1) is 14.4. The summed E-state index contributed by atoms with van der Waals surface area (Å²) in [4.78, 5) is 27.3. The number of carbonyl (C=O) groups excluding carboxylic acids is 2. The van der Waals surface area contributed by atoms with Gasteiger partial charge in [-0.05, 0) is 50.3 Å². The molecule has 2 heterocycles. The van der Waals surface area contributed by atoms with Crippen LogP contribution in [0.5, 0.6) is 0 Å². The molecular formula is C22H31N3O4S. The Labute approximate surface area is 178 Å². The molecule has 2 saturated heterocycles. The van der Waals surface area contributed by atoms with Crippen LogP contribution in [0.4, 0.5) is 5.69 Å². The number of piperidine rings is 1. The molecule has 3 fully saturated rings. The van der Waals surface area contributed by atoms with Crippen LogP contribution in [-0.4, -0.2) is 55.1 Å². The van der Waals surface area contributed by atoms with Gasteiger partial charge in [-0.2, -0.15) is 4.31 Å². The van der Waals surface area contributed by atoms with Gasteiger partial charge >= 0.3 is 0 Å². The van der Waals surface area contributed by atoms with Crippen molar-refractivity contribution in [3.05, 3.63) is 23.8 Å². The molecule has 1 atom stereocenters. The van der Waals surface area contributed by atoms with Crippen LogP contribution in [0.2, 0.25) is 0 Å². The number of likely N-dealkylation sites (tertiary alicyclic amines) is 1. The van der Waals surface area contributed by atoms with Crippen molar-refractivity contribution in [1.82, 2.24) is 9.21 Å². The van der Waals surface area contributed by atoms with Gasteiger partial charge in [0.25, 0.3) is 0 Å². The number of aryl methyl sites for hydroxylation is 1. The molecule has 2 aliphatic heterocycles. The normalized spacial score (nSPS) is 23.8. The minimum Gasteiger partial charge on any atom is -0.339 e. The van der Waals surface area contributed by atoms with Crippen LogP contribution in [0, 0.1) is 12.8 Å². The summed E-state index contributed by atoms with van der Waals surface area (Å²) in [5.41, 5.74) is 1.13. The first-order valence-electron chi connectivity index (χ1n) is 11.1. The number of benzene rings is 1. The third-order valence-corrected chi connectivity index (χ3v) is 8.72. The molecule has 1 aromatic rings. The second-order valence-electron chi connectivity index (χ2n) is 8.82. The molecule has 0 unspecified atom stereocenters. The van der Waals surface area contributed by atoms with Crippen molar-refractivity contribution in [3.63, 3.8) is 0 Å². The van der Waals surface area contributed by atoms with Gasteiger partial charge < -0.3 is 10.2 Å². The Morgan fingerprint density at radius 3 is 2.47 bits per heavy atom. The fourth-order valence-corrected chi connectivity index (χ4v) is 6.69. The predicted octanol–water partition coefficient (Wildman–Crippen LogP) is 2.90. The average molecular weight is 434 g/mol. The lowest BCUT2D eigenvalue weighted by molar-refractivity contribution is -0.129. The van der Waals surface area contributed by atoms with Crippen LogP contribution in [0.25, 0.3) is 0 Å². The monoisotopic (exact) mass is 433 g/mol. The Balaban J connectivity index is 1.46. The fraction of sp³-hybridized carbons (Fsp3) is 0.636. The van der Waals surface area contributed by atoms with Gasteiger partial charge in [-0.3, -0.25) is 9.59 Å². The quantitative estimate of drug-likeness (QED) is 0.774. The van der Waals surface area contributed by atoms with Gasteiger partial charge in [-0.25, -0.2) is 8.42 Å². The highest BCUT2D eigenvalue weighted by molar-refractivity contribution is 7.89. The average Bonchev–Trinajstić information content (AvgIpc) is 3.39. The predicted molar refractivity (Wildman–Crippen MR) is 114 cm³/mol. The van der Waals surface area contributed by atoms with E-state index in [1.54, 1.807) is 29.4 Å². The van der Waals surface area contributed by atoms with E-state index in [1.165, 1.54) is 0 Å². The number of hydrogen-bond donors (Lipinski definition) is 1. The Morgan fingerprint density at radius 1 is 1.07 bits per heavy atom. The van der Waals surface area contributed by atoms with Crippen molar-refractivity contribution in [2.45, 2.75) is 69.2 Å². The number of anilines is 1. The molecule has 7 nitrogen and oxygen atoms in total. The second-order valence-corrected chi connectivity index (χ2v) is 10.7. The van der Waals surface area contributed by atoms with Crippen LogP contribution < -0.4 is 5.32 Å². The van der Waals surface area contributed by atoms with Crippen molar-refractivity contribution in [3.8, 4) is 0 Å². The molecule has 1 N–H and O–H groups in total. The zero-order valence-corrected chi connectivity index (χ0v) is 18.4. The van der Waals surface area contributed by atoms with Crippen LogP contribution in [-0.2, 0) is 19.6 Å². The largest absolute Gasteiger partial charge is 0.339 e. The second kappa shape index (κ2) is 8.67. The fourth-order valence-electron chi connectivity index (χ4n) is 4.92. The molecule has 1 aliphatic carbocycles. The summed E-state index contributed by atoms with van der Waals surface area (Å²) < 4.78 is 27.7. The maximum Gasteiger partial charge on any atom is 0.243 e. The van der Waals surface area contributed by atoms with Gasteiger partial charge in [0.2, 0.25) is 21.8 Å². The highest BCUT2D eigenvalue weighted by Gasteiger charge is 2.38. The van der Waals surface area contributed by atoms with Gasteiger partial charge in [0.15, 0.2) is 0 Å². The topological polar surface area (TPSA) is 86.8 Å². The molecule has 0 radical (unpaired) electrons. The Morgan fingerprint density at radius 2 is 1.77 bits per heavy atom. The van der Waals surface area contributed by atoms with E-state index in [-0.39, 0.29) is 35.1 Å². The molecule has 0 spiro atoms. The van der Waals surface area contributed by atoms with Crippen molar-refractivity contribution < 1.29 is 18.0 Å². The third-order valence-electron chi connectivity index (χ3n) is 6.68. The van der Waals surface area contributed by atoms with Gasteiger partial charge in [0, 0.05) is 37.8 Å². The Kier molecular flexibility index (Phi) is 6.16. The van der Waals surface area contributed by atoms with Crippen LogP contribution >= 0.6 is 0 Å². The lowest BCUT2D eigenvalue weighted by Gasteiger charge is -2.26. The zero-order chi connectivity index (χ0) is 21.3. The van der Waals surface area contributed by atoms with E-state index in [2.05, 4.69) is 5.32 Å². The summed E-state index contributed by atoms with van der Waals surface area (Å²) >= 11 is 0. The molecule has 30 heavy (non-hydrogen) atoms. The Hall–Kier alpha value is -1.93. The number of amides is 2. The molecule has 1 saturated carbocycles. The standard InChI is InChI=1S/C22H31N3O4S/c1-16-9-10-18(14-20(16)30(28,29)24-11-5-2-6-12-24)23-22(27)17-13-21(26)25(15-17)19-7-3-4-8-19/h9-10,14,17,19H,2-8,11-13,15H2,1H3,(H,23,27)/t17-/m0/s1. The number of rotatable bonds is 5. The molecule has 8 heteroatoms. The molecule has 3 aliphatic rings. The molecule has 1 aromatic carbocycles. The van der Waals surface area contributed by atoms with Gasteiger partial charge in [-0.15, -0.1) is 0 Å². The van der Waals surface area contributed by atoms with Crippen LogP contribution in [0.15, 0.2) is 23.1 Å². The molecule has 0 aromatic heterocycles. The van der Waals surface area contributed by atoms with E-state index in [0.29, 0.717) is 30.9 Å². The zero-order valence-electron chi connectivity index (χ0n) is 17.6. The number of sulfonamides is 1. The number of hydrogen-bond acceptors (Lipinski definition) is 4. The number of nitrogens with zero attached hydrogens (tertiary/aromatic N) is 2. The first-order valence-corrected chi connectivity index (χ1v) is 12.5. The molecule has 0 bridgehead atoms. The minimum atomic E-state index is -3.58. The van der Waals surface area contributed by atoms with Crippen molar-refractivity contribution >= 4 is 27.5 Å². The summed E-state index contributed by atoms with van der Waals surface area (Å²) in [6.45, 7) is 3.32. The molecular weight excluding hydrogens is 402 g/mol. The minimum absolute atomic E-state index is 0.0549. The lowest BCUT2D eigenvalue weighted by Crippen LogP contribution is -2.36. The van der Waals surface area contributed by atoms with E-state index in [4.69, 9.17) is 0 Å². The van der Waals surface area contributed by atoms with E-state index in [0.717, 1.165) is 44.9 Å². The molecule has 4 rings (SSSR count). The summed E-state index contributed by atoms with van der Waals surface area (Å²) in [7, 11) is -3.58. The van der Waals surface area contributed by atoms with E-state index in [9.17, 15) is 18.0 Å². The smallest absolute Gasteiger partial charge is 0.243 e. The SMILES string of the molecule is Cc1ccc(NC(=O)[C@H]2CC(=O)N(C3CCCC3)C2)cc1S(=O)(=O)N1CCCCC1. The maximum absolute atomic E-state index is 13.1. The molecule has 164 valence electrons. The summed E-state index contributed by atoms with van der Waals surface area (Å²) in [5, 5.41) is 2.86. The highest BCUT2D eigenvalue weighted by Crippen LogP contribution is 2.31. The van der Waals surface area contributed by atoms with Crippen molar-refractivity contribution in [1.29, 1.82) is 0 Å². The van der Waals surface area contributed by atoms with Crippen molar-refractivity contribution in [2.24, 2.45) is 5.92 Å². The summed E-state index contributed by atoms with van der Waals surface area (Å²) in [6, 6.07) is 5.30. The highest BCUT2D eigenvalue weighted by atomic mass is 32.2. The van der Waals surface area contributed by atoms with E-state index < -0.39 is 10.0 Å². The Bertz CT molecular complexity index is 918. The summed E-state index contributed by atoms with van der Waals surface area (Å²) in [5.74, 6) is -0.546. The van der Waals surface area contributed by atoms with Gasteiger partial charge in [-0.1, -0.05) is 25.3 Å². The van der Waals surface area contributed by atoms with E-state index >= 15 is 0 Å². The maximum atomic E-state index is 13.1. The number of nitrogens with one attached hydrogen (secondary N) is 1. The van der Waals surface area contributed by atoms with Crippen molar-refractivity contribution in [2.75, 3.05) is 25.0 Å². The van der Waals surface area contributed by atoms with Crippen LogP contribution in [0.3, 0.4) is 0 Å². The number of carbonyl (C=O) groups is 2. The summed E-state index contributed by atoms with van der Waals surface area (Å²) in [6.07, 6.45) is 7.37. The first kappa shape index (κ1) is 21.3. The van der Waals surface area contributed by atoms with Crippen LogP contribution in [0.1, 0.15) is 56.9 Å². The van der Waals surface area contributed by atoms with Gasteiger partial charge in [0.05, 0.1) is 10.8 Å². The van der Waals surface area contributed by atoms with Gasteiger partial charge in [0.1, 0.15) is 0 Å². The lowest BCUT2D eigenvalue weighted by atomic mass is 10.1. The molecule has 2 amide bonds.